The predicted octanol–water partition coefficient (Wildman–Crippen LogP) is -1.43. The van der Waals surface area contributed by atoms with E-state index in [9.17, 15) is 0 Å². The van der Waals surface area contributed by atoms with Gasteiger partial charge >= 0.3 is 11.9 Å². The predicted molar refractivity (Wildman–Crippen MR) is 37.7 cm³/mol. The third-order valence-electron chi connectivity index (χ3n) is 0.183. The monoisotopic (exact) mass is 222 g/mol. The van der Waals surface area contributed by atoms with Gasteiger partial charge in [-0.05, 0) is 0 Å². The zero-order valence-corrected chi connectivity index (χ0v) is 7.57. The molecule has 0 aromatic carbocycles. The molecule has 0 heterocycles. The Kier molecular flexibility index (Phi) is 15.3. The first-order valence-electron chi connectivity index (χ1n) is 1.77. The molecule has 0 saturated carbocycles. The van der Waals surface area contributed by atoms with Crippen molar-refractivity contribution in [2.45, 2.75) is 0 Å². The molecular weight excluding hydrogens is 212 g/mol. The Balaban J connectivity index is -0.0000000546. The Morgan fingerprint density at radius 1 is 0.923 bits per heavy atom. The molecule has 0 bridgehead atoms. The molecule has 11 heteroatoms. The molecule has 0 unspecified atom stereocenters. The van der Waals surface area contributed by atoms with Gasteiger partial charge < -0.3 is 31.6 Å². The second kappa shape index (κ2) is 8.82. The molecule has 0 aliphatic heterocycles. The van der Waals surface area contributed by atoms with Gasteiger partial charge in [-0.2, -0.15) is 0 Å². The fraction of sp³-hybridized carbons (Fsp3) is 0. The Hall–Kier alpha value is -1.27. The van der Waals surface area contributed by atoms with Crippen molar-refractivity contribution in [2.75, 3.05) is 0 Å². The maximum absolute atomic E-state index is 9.10. The van der Waals surface area contributed by atoms with Crippen LogP contribution in [0.2, 0.25) is 0 Å². The lowest BCUT2D eigenvalue weighted by molar-refractivity contribution is -0.159. The molecule has 0 amide bonds. The number of hydrogen-bond donors (Lipinski definition) is 4. The minimum atomic E-state index is -5.17. The number of hydrogen-bond acceptors (Lipinski definition) is 6. The number of carboxylic acids is 2. The summed E-state index contributed by atoms with van der Waals surface area (Å²) in [6.07, 6.45) is 0. The standard InChI is InChI=1S/C2H2O4.2H3N.H2O4S/c3-1(4)2(5)6;;;1-5(2,3)4/h(H,3,4)(H,5,6);2*1H3;(H2,1,2,3,4). The summed E-state index contributed by atoms with van der Waals surface area (Å²) in [4.78, 5) is 18.2. The van der Waals surface area contributed by atoms with E-state index in [1.807, 2.05) is 0 Å². The molecule has 0 rings (SSSR count). The topological polar surface area (TPSA) is 228 Å². The van der Waals surface area contributed by atoms with Gasteiger partial charge in [0, 0.05) is 10.4 Å². The van der Waals surface area contributed by atoms with Crippen molar-refractivity contribution < 1.29 is 37.3 Å². The summed E-state index contributed by atoms with van der Waals surface area (Å²) < 4.78 is 34.1. The molecule has 0 fully saturated rings. The van der Waals surface area contributed by atoms with Crippen molar-refractivity contribution in [3.8, 4) is 0 Å². The third kappa shape index (κ3) is 110. The van der Waals surface area contributed by atoms with Crippen LogP contribution in [0.4, 0.5) is 0 Å². The second-order valence-electron chi connectivity index (χ2n) is 1.02. The first-order valence-corrected chi connectivity index (χ1v) is 3.11. The molecule has 0 aliphatic carbocycles. The van der Waals surface area contributed by atoms with E-state index in [1.54, 1.807) is 0 Å². The van der Waals surface area contributed by atoms with E-state index < -0.39 is 22.3 Å². The number of rotatable bonds is 0. The Labute approximate surface area is 72.9 Å². The van der Waals surface area contributed by atoms with Crippen molar-refractivity contribution in [1.82, 2.24) is 12.3 Å². The van der Waals surface area contributed by atoms with Gasteiger partial charge in [-0.15, -0.1) is 0 Å². The van der Waals surface area contributed by atoms with E-state index in [0.717, 1.165) is 0 Å². The molecule has 10 nitrogen and oxygen atoms in total. The highest BCUT2D eigenvalue weighted by molar-refractivity contribution is 7.79. The van der Waals surface area contributed by atoms with Crippen LogP contribution in [0.25, 0.3) is 0 Å². The van der Waals surface area contributed by atoms with Crippen molar-refractivity contribution in [3.63, 3.8) is 0 Å². The van der Waals surface area contributed by atoms with Gasteiger partial charge in [0.25, 0.3) is 0 Å². The lowest BCUT2D eigenvalue weighted by Crippen LogP contribution is -2.09. The van der Waals surface area contributed by atoms with E-state index in [0.29, 0.717) is 0 Å². The molecule has 0 spiro atoms. The molecular formula is C2H10N2O8S. The highest BCUT2D eigenvalue weighted by Gasteiger charge is 2.04. The van der Waals surface area contributed by atoms with E-state index in [1.165, 1.54) is 0 Å². The fourth-order valence-electron chi connectivity index (χ4n) is 0. The van der Waals surface area contributed by atoms with Gasteiger partial charge in [-0.1, -0.05) is 0 Å². The van der Waals surface area contributed by atoms with Crippen LogP contribution in [-0.2, 0) is 20.0 Å². The highest BCUT2D eigenvalue weighted by atomic mass is 32.3. The van der Waals surface area contributed by atoms with Crippen LogP contribution in [0, 0.1) is 0 Å². The lowest BCUT2D eigenvalue weighted by atomic mass is 10.7. The average Bonchev–Trinajstić information content (AvgIpc) is 1.59. The molecule has 0 aromatic heterocycles. The Bertz CT molecular complexity index is 223. The van der Waals surface area contributed by atoms with Gasteiger partial charge in [-0.3, -0.25) is 8.42 Å². The number of carboxylic acid groups (broad SMARTS) is 2. The molecule has 0 saturated heterocycles. The van der Waals surface area contributed by atoms with Crippen LogP contribution >= 0.6 is 0 Å². The maximum atomic E-state index is 9.10. The van der Waals surface area contributed by atoms with Crippen LogP contribution in [0.5, 0.6) is 0 Å². The van der Waals surface area contributed by atoms with Crippen molar-refractivity contribution in [2.24, 2.45) is 0 Å². The SMILES string of the molecule is O=C(O)C(=O)O.O=S(=O)([O-])[O-].[NH4+].[NH4+]. The summed E-state index contributed by atoms with van der Waals surface area (Å²) >= 11 is 0. The zero-order chi connectivity index (χ0) is 9.65. The fourth-order valence-corrected chi connectivity index (χ4v) is 0. The molecule has 0 aromatic rings. The smallest absolute Gasteiger partial charge is 0.414 e. The number of carbonyl (C=O) groups is 2. The molecule has 13 heavy (non-hydrogen) atoms. The zero-order valence-electron chi connectivity index (χ0n) is 6.75. The lowest BCUT2D eigenvalue weighted by Gasteiger charge is -2.06. The van der Waals surface area contributed by atoms with E-state index >= 15 is 0 Å². The largest absolute Gasteiger partial charge is 0.759 e. The Morgan fingerprint density at radius 2 is 1.00 bits per heavy atom. The van der Waals surface area contributed by atoms with Crippen molar-refractivity contribution in [3.05, 3.63) is 0 Å². The quantitative estimate of drug-likeness (QED) is 0.215. The number of aliphatic carboxylic acids is 2. The summed E-state index contributed by atoms with van der Waals surface area (Å²) in [6.45, 7) is 0. The minimum absolute atomic E-state index is 0. The Morgan fingerprint density at radius 3 is 1.00 bits per heavy atom. The van der Waals surface area contributed by atoms with E-state index in [2.05, 4.69) is 0 Å². The van der Waals surface area contributed by atoms with Crippen LogP contribution < -0.4 is 12.3 Å². The molecule has 0 atom stereocenters. The highest BCUT2D eigenvalue weighted by Crippen LogP contribution is 1.57. The summed E-state index contributed by atoms with van der Waals surface area (Å²) in [5.74, 6) is -3.65. The van der Waals surface area contributed by atoms with Gasteiger partial charge in [0.2, 0.25) is 0 Å². The van der Waals surface area contributed by atoms with Crippen molar-refractivity contribution in [1.29, 1.82) is 0 Å². The molecule has 0 radical (unpaired) electrons. The second-order valence-corrected chi connectivity index (χ2v) is 1.84. The summed E-state index contributed by atoms with van der Waals surface area (Å²) in [5.41, 5.74) is 0. The van der Waals surface area contributed by atoms with Crippen LogP contribution in [0.3, 0.4) is 0 Å². The van der Waals surface area contributed by atoms with Gasteiger partial charge in [0.05, 0.1) is 0 Å². The summed E-state index contributed by atoms with van der Waals surface area (Å²) in [5, 5.41) is 14.8. The average molecular weight is 222 g/mol. The van der Waals surface area contributed by atoms with Gasteiger partial charge in [0.1, 0.15) is 0 Å². The first kappa shape index (κ1) is 22.6. The van der Waals surface area contributed by atoms with Gasteiger partial charge in [-0.25, -0.2) is 9.59 Å². The van der Waals surface area contributed by atoms with Crippen molar-refractivity contribution >= 4 is 22.3 Å². The van der Waals surface area contributed by atoms with Crippen LogP contribution in [0.1, 0.15) is 0 Å². The first-order chi connectivity index (χ1) is 4.64. The molecule has 10 N–H and O–H groups in total. The third-order valence-corrected chi connectivity index (χ3v) is 0.183. The maximum Gasteiger partial charge on any atom is 0.414 e. The summed E-state index contributed by atoms with van der Waals surface area (Å²) in [6, 6.07) is 0. The number of quaternary nitrogens is 2. The molecule has 82 valence electrons. The molecule has 0 aliphatic rings. The van der Waals surface area contributed by atoms with Crippen LogP contribution in [0.15, 0.2) is 0 Å². The van der Waals surface area contributed by atoms with Crippen LogP contribution in [-0.4, -0.2) is 39.7 Å². The summed E-state index contributed by atoms with van der Waals surface area (Å²) in [7, 11) is -5.17. The normalized spacial score (nSPS) is 7.85. The van der Waals surface area contributed by atoms with E-state index in [-0.39, 0.29) is 12.3 Å². The van der Waals surface area contributed by atoms with Gasteiger partial charge in [0.15, 0.2) is 0 Å². The minimum Gasteiger partial charge on any atom is -0.759 e. The van der Waals surface area contributed by atoms with E-state index in [4.69, 9.17) is 37.3 Å².